The molecule has 4 nitrogen and oxygen atoms in total. The number of benzene rings is 4. The van der Waals surface area contributed by atoms with Crippen molar-refractivity contribution < 1.29 is 19.1 Å². The number of para-hydroxylation sites is 2. The number of hydrogen-bond donors (Lipinski definition) is 0. The van der Waals surface area contributed by atoms with Gasteiger partial charge in [0.15, 0.2) is 11.6 Å². The van der Waals surface area contributed by atoms with Gasteiger partial charge in [0.25, 0.3) is 0 Å². The highest BCUT2D eigenvalue weighted by Gasteiger charge is 2.05. The zero-order valence-electron chi connectivity index (χ0n) is 19.0. The summed E-state index contributed by atoms with van der Waals surface area (Å²) >= 11 is 0. The normalized spacial score (nSPS) is 11.0. The van der Waals surface area contributed by atoms with Gasteiger partial charge >= 0.3 is 0 Å². The van der Waals surface area contributed by atoms with Crippen molar-refractivity contribution in [2.75, 3.05) is 0 Å². The van der Waals surface area contributed by atoms with E-state index in [2.05, 4.69) is 0 Å². The Morgan fingerprint density at radius 2 is 0.914 bits per heavy atom. The molecule has 0 radical (unpaired) electrons. The molecule has 0 atom stereocenters. The molecular formula is C31H24O4. The molecule has 4 aromatic carbocycles. The van der Waals surface area contributed by atoms with Crippen LogP contribution in [0.1, 0.15) is 17.5 Å². The van der Waals surface area contributed by atoms with E-state index in [0.717, 1.165) is 22.6 Å². The van der Waals surface area contributed by atoms with Gasteiger partial charge < -0.3 is 9.47 Å². The first-order valence-electron chi connectivity index (χ1n) is 11.2. The fourth-order valence-electron chi connectivity index (χ4n) is 3.28. The monoisotopic (exact) mass is 460 g/mol. The highest BCUT2D eigenvalue weighted by molar-refractivity contribution is 6.10. The van der Waals surface area contributed by atoms with Crippen molar-refractivity contribution in [3.63, 3.8) is 0 Å². The van der Waals surface area contributed by atoms with E-state index in [1.807, 2.05) is 109 Å². The molecule has 4 heteroatoms. The maximum Gasteiger partial charge on any atom is 0.163 e. The Balaban J connectivity index is 1.30. The highest BCUT2D eigenvalue weighted by Crippen LogP contribution is 2.23. The maximum atomic E-state index is 12.3. The van der Waals surface area contributed by atoms with Gasteiger partial charge in [-0.05, 0) is 71.8 Å². The summed E-state index contributed by atoms with van der Waals surface area (Å²) in [6.45, 7) is 0. The third-order valence-electron chi connectivity index (χ3n) is 4.95. The Bertz CT molecular complexity index is 1230. The minimum atomic E-state index is -0.268. The number of carbonyl (C=O) groups excluding carboxylic acids is 2. The van der Waals surface area contributed by atoms with Crippen LogP contribution >= 0.6 is 0 Å². The fraction of sp³-hybridized carbons (Fsp3) is 0.0323. The zero-order chi connectivity index (χ0) is 24.3. The standard InChI is InChI=1S/C31H24O4/c32-26(19-17-24-9-7-15-30(21-24)34-28-11-3-1-4-12-28)23-27(33)20-18-25-10-8-16-31(22-25)35-29-13-5-2-6-14-29/h1-22H,23H2/b19-17+,20-18+. The maximum absolute atomic E-state index is 12.3. The van der Waals surface area contributed by atoms with Gasteiger partial charge in [0.1, 0.15) is 23.0 Å². The van der Waals surface area contributed by atoms with Crippen LogP contribution < -0.4 is 9.47 Å². The largest absolute Gasteiger partial charge is 0.457 e. The molecule has 0 unspecified atom stereocenters. The van der Waals surface area contributed by atoms with E-state index in [-0.39, 0.29) is 18.0 Å². The van der Waals surface area contributed by atoms with E-state index in [1.54, 1.807) is 12.2 Å². The van der Waals surface area contributed by atoms with Crippen molar-refractivity contribution in [3.8, 4) is 23.0 Å². The van der Waals surface area contributed by atoms with E-state index >= 15 is 0 Å². The topological polar surface area (TPSA) is 52.6 Å². The number of allylic oxidation sites excluding steroid dienone is 2. The summed E-state index contributed by atoms with van der Waals surface area (Å²) in [5.41, 5.74) is 1.62. The van der Waals surface area contributed by atoms with Crippen molar-refractivity contribution in [3.05, 3.63) is 132 Å². The molecule has 4 aromatic rings. The predicted molar refractivity (Wildman–Crippen MR) is 139 cm³/mol. The van der Waals surface area contributed by atoms with Gasteiger partial charge in [0, 0.05) is 0 Å². The van der Waals surface area contributed by atoms with Gasteiger partial charge in [-0.15, -0.1) is 0 Å². The second kappa shape index (κ2) is 12.0. The van der Waals surface area contributed by atoms with Crippen molar-refractivity contribution in [2.45, 2.75) is 6.42 Å². The molecule has 4 rings (SSSR count). The molecule has 0 amide bonds. The quantitative estimate of drug-likeness (QED) is 0.181. The van der Waals surface area contributed by atoms with E-state index in [9.17, 15) is 9.59 Å². The third-order valence-corrected chi connectivity index (χ3v) is 4.95. The summed E-state index contributed by atoms with van der Waals surface area (Å²) < 4.78 is 11.6. The lowest BCUT2D eigenvalue weighted by atomic mass is 10.1. The SMILES string of the molecule is O=C(/C=C/c1cccc(Oc2ccccc2)c1)CC(=O)/C=C/c1cccc(Oc2ccccc2)c1. The van der Waals surface area contributed by atoms with Gasteiger partial charge in [-0.25, -0.2) is 0 Å². The van der Waals surface area contributed by atoms with Crippen LogP contribution in [0.2, 0.25) is 0 Å². The Labute approximate surface area is 204 Å². The summed E-state index contributed by atoms with van der Waals surface area (Å²) in [5.74, 6) is 2.27. The third kappa shape index (κ3) is 7.69. The van der Waals surface area contributed by atoms with Crippen LogP contribution in [0.25, 0.3) is 12.2 Å². The molecule has 0 saturated heterocycles. The minimum Gasteiger partial charge on any atom is -0.457 e. The second-order valence-electron chi connectivity index (χ2n) is 7.75. The van der Waals surface area contributed by atoms with Crippen molar-refractivity contribution in [2.24, 2.45) is 0 Å². The molecule has 0 aromatic heterocycles. The van der Waals surface area contributed by atoms with Crippen LogP contribution in [0, 0.1) is 0 Å². The van der Waals surface area contributed by atoms with Crippen molar-refractivity contribution >= 4 is 23.7 Å². The van der Waals surface area contributed by atoms with E-state index in [0.29, 0.717) is 11.5 Å². The Morgan fingerprint density at radius 3 is 1.34 bits per heavy atom. The number of carbonyl (C=O) groups is 2. The first-order valence-corrected chi connectivity index (χ1v) is 11.2. The van der Waals surface area contributed by atoms with Crippen molar-refractivity contribution in [1.29, 1.82) is 0 Å². The number of hydrogen-bond acceptors (Lipinski definition) is 4. The summed E-state index contributed by atoms with van der Waals surface area (Å²) in [6, 6.07) is 33.8. The molecular weight excluding hydrogens is 436 g/mol. The fourth-order valence-corrected chi connectivity index (χ4v) is 3.28. The molecule has 0 bridgehead atoms. The summed E-state index contributed by atoms with van der Waals surface area (Å²) in [6.07, 6.45) is 6.00. The summed E-state index contributed by atoms with van der Waals surface area (Å²) in [5, 5.41) is 0. The lowest BCUT2D eigenvalue weighted by Gasteiger charge is -2.06. The smallest absolute Gasteiger partial charge is 0.163 e. The average Bonchev–Trinajstić information content (AvgIpc) is 2.88. The highest BCUT2D eigenvalue weighted by atomic mass is 16.5. The average molecular weight is 461 g/mol. The van der Waals surface area contributed by atoms with Gasteiger partial charge in [0.2, 0.25) is 0 Å². The molecule has 0 heterocycles. The first-order chi connectivity index (χ1) is 17.1. The van der Waals surface area contributed by atoms with E-state index in [1.165, 1.54) is 12.2 Å². The molecule has 0 aliphatic carbocycles. The van der Waals surface area contributed by atoms with E-state index in [4.69, 9.17) is 9.47 Å². The van der Waals surface area contributed by atoms with Gasteiger partial charge in [0.05, 0.1) is 6.42 Å². The Hall–Kier alpha value is -4.70. The van der Waals surface area contributed by atoms with Crippen LogP contribution in [-0.4, -0.2) is 11.6 Å². The Morgan fingerprint density at radius 1 is 0.514 bits per heavy atom. The molecule has 0 spiro atoms. The summed E-state index contributed by atoms with van der Waals surface area (Å²) in [4.78, 5) is 24.6. The lowest BCUT2D eigenvalue weighted by Crippen LogP contribution is -2.01. The van der Waals surface area contributed by atoms with Crippen molar-refractivity contribution in [1.82, 2.24) is 0 Å². The van der Waals surface area contributed by atoms with Crippen LogP contribution in [0.5, 0.6) is 23.0 Å². The van der Waals surface area contributed by atoms with E-state index < -0.39 is 0 Å². The molecule has 172 valence electrons. The molecule has 0 aliphatic rings. The molecule has 0 aliphatic heterocycles. The minimum absolute atomic E-state index is 0.201. The Kier molecular flexibility index (Phi) is 8.01. The van der Waals surface area contributed by atoms with Crippen LogP contribution in [0.4, 0.5) is 0 Å². The molecule has 0 saturated carbocycles. The van der Waals surface area contributed by atoms with Gasteiger partial charge in [-0.2, -0.15) is 0 Å². The molecule has 0 fully saturated rings. The van der Waals surface area contributed by atoms with Gasteiger partial charge in [-0.1, -0.05) is 72.8 Å². The van der Waals surface area contributed by atoms with Crippen LogP contribution in [0.3, 0.4) is 0 Å². The number of rotatable bonds is 10. The number of ether oxygens (including phenoxy) is 2. The second-order valence-corrected chi connectivity index (χ2v) is 7.75. The van der Waals surface area contributed by atoms with Gasteiger partial charge in [-0.3, -0.25) is 9.59 Å². The number of ketones is 2. The zero-order valence-corrected chi connectivity index (χ0v) is 19.0. The van der Waals surface area contributed by atoms with Crippen LogP contribution in [0.15, 0.2) is 121 Å². The predicted octanol–water partition coefficient (Wildman–Crippen LogP) is 7.53. The summed E-state index contributed by atoms with van der Waals surface area (Å²) in [7, 11) is 0. The molecule has 35 heavy (non-hydrogen) atoms. The molecule has 0 N–H and O–H groups in total. The lowest BCUT2D eigenvalue weighted by molar-refractivity contribution is -0.121. The first kappa shape index (κ1) is 23.5. The van der Waals surface area contributed by atoms with Crippen LogP contribution in [-0.2, 0) is 9.59 Å².